The number of carbonyl (C=O) groups is 1. The minimum Gasteiger partial charge on any atom is -0.326 e. The molecule has 8 heteroatoms. The molecule has 0 spiro atoms. The number of sulfonamides is 1. The lowest BCUT2D eigenvalue weighted by Crippen LogP contribution is -2.42. The smallest absolute Gasteiger partial charge is 0.227 e. The Morgan fingerprint density at radius 2 is 2.08 bits per heavy atom. The van der Waals surface area contributed by atoms with Gasteiger partial charge in [-0.3, -0.25) is 4.79 Å². The molecule has 1 aliphatic heterocycles. The summed E-state index contributed by atoms with van der Waals surface area (Å²) >= 11 is 0. The summed E-state index contributed by atoms with van der Waals surface area (Å²) in [6, 6.07) is 5.55. The molecule has 0 atom stereocenters. The number of nitrogens with zero attached hydrogens (tertiary/aromatic N) is 2. The number of hydrogen-bond acceptors (Lipinski definition) is 4. The van der Waals surface area contributed by atoms with Crippen molar-refractivity contribution in [1.82, 2.24) is 4.31 Å². The average molecular weight is 367 g/mol. The zero-order valence-electron chi connectivity index (χ0n) is 14.2. The van der Waals surface area contributed by atoms with Gasteiger partial charge >= 0.3 is 0 Å². The van der Waals surface area contributed by atoms with Gasteiger partial charge in [0.25, 0.3) is 0 Å². The second kappa shape index (κ2) is 8.41. The van der Waals surface area contributed by atoms with E-state index in [1.807, 2.05) is 6.92 Å². The molecule has 1 saturated heterocycles. The summed E-state index contributed by atoms with van der Waals surface area (Å²) in [7, 11) is -3.24. The molecule has 1 N–H and O–H groups in total. The van der Waals surface area contributed by atoms with E-state index in [0.717, 1.165) is 12.5 Å². The van der Waals surface area contributed by atoms with Crippen LogP contribution in [0.5, 0.6) is 0 Å². The normalized spacial score (nSPS) is 16.4. The van der Waals surface area contributed by atoms with Crippen molar-refractivity contribution in [3.63, 3.8) is 0 Å². The maximum atomic E-state index is 13.3. The van der Waals surface area contributed by atoms with Gasteiger partial charge in [-0.05, 0) is 37.5 Å². The van der Waals surface area contributed by atoms with Crippen molar-refractivity contribution in [2.75, 3.05) is 24.2 Å². The molecule has 6 nitrogen and oxygen atoms in total. The van der Waals surface area contributed by atoms with E-state index in [9.17, 15) is 17.6 Å². The van der Waals surface area contributed by atoms with Crippen molar-refractivity contribution in [3.8, 4) is 6.07 Å². The molecule has 1 aliphatic rings. The van der Waals surface area contributed by atoms with Crippen molar-refractivity contribution in [3.05, 3.63) is 29.6 Å². The molecule has 0 radical (unpaired) electrons. The molecule has 136 valence electrons. The Kier molecular flexibility index (Phi) is 6.51. The number of piperidine rings is 1. The Morgan fingerprint density at radius 1 is 1.40 bits per heavy atom. The van der Waals surface area contributed by atoms with Crippen LogP contribution in [0, 0.1) is 23.1 Å². The lowest BCUT2D eigenvalue weighted by molar-refractivity contribution is -0.120. The highest BCUT2D eigenvalue weighted by atomic mass is 32.2. The second-order valence-corrected chi connectivity index (χ2v) is 8.23. The van der Waals surface area contributed by atoms with E-state index >= 15 is 0 Å². The lowest BCUT2D eigenvalue weighted by Gasteiger charge is -2.30. The van der Waals surface area contributed by atoms with Crippen molar-refractivity contribution in [1.29, 1.82) is 5.26 Å². The van der Waals surface area contributed by atoms with Crippen LogP contribution in [0.2, 0.25) is 0 Å². The molecule has 0 bridgehead atoms. The van der Waals surface area contributed by atoms with Crippen LogP contribution >= 0.6 is 0 Å². The zero-order chi connectivity index (χ0) is 18.4. The predicted molar refractivity (Wildman–Crippen MR) is 92.7 cm³/mol. The summed E-state index contributed by atoms with van der Waals surface area (Å²) in [5.74, 6) is -1.02. The SMILES string of the molecule is CCCCS(=O)(=O)N1CCC(C(=O)Nc2ccc(F)c(C#N)c2)CC1. The summed E-state index contributed by atoms with van der Waals surface area (Å²) in [4.78, 5) is 12.3. The average Bonchev–Trinajstić information content (AvgIpc) is 2.61. The van der Waals surface area contributed by atoms with Crippen LogP contribution in [0.1, 0.15) is 38.2 Å². The van der Waals surface area contributed by atoms with Crippen LogP contribution in [0.25, 0.3) is 0 Å². The van der Waals surface area contributed by atoms with Crippen LogP contribution in [-0.2, 0) is 14.8 Å². The first-order valence-electron chi connectivity index (χ1n) is 8.35. The first kappa shape index (κ1) is 19.3. The highest BCUT2D eigenvalue weighted by Gasteiger charge is 2.30. The van der Waals surface area contributed by atoms with Gasteiger partial charge < -0.3 is 5.32 Å². The first-order chi connectivity index (χ1) is 11.9. The molecule has 1 heterocycles. The molecule has 0 aromatic heterocycles. The van der Waals surface area contributed by atoms with E-state index in [-0.39, 0.29) is 23.1 Å². The molecule has 1 amide bonds. The summed E-state index contributed by atoms with van der Waals surface area (Å²) in [6.45, 7) is 2.60. The molecular formula is C17H22FN3O3S. The molecule has 2 rings (SSSR count). The van der Waals surface area contributed by atoms with Gasteiger partial charge in [-0.1, -0.05) is 13.3 Å². The van der Waals surface area contributed by atoms with Gasteiger partial charge in [0.05, 0.1) is 11.3 Å². The number of rotatable bonds is 6. The van der Waals surface area contributed by atoms with E-state index in [0.29, 0.717) is 38.0 Å². The Morgan fingerprint density at radius 3 is 2.68 bits per heavy atom. The van der Waals surface area contributed by atoms with Crippen LogP contribution < -0.4 is 5.32 Å². The van der Waals surface area contributed by atoms with Crippen LogP contribution in [0.15, 0.2) is 18.2 Å². The van der Waals surface area contributed by atoms with E-state index in [1.54, 1.807) is 6.07 Å². The van der Waals surface area contributed by atoms with E-state index < -0.39 is 15.8 Å². The number of carbonyl (C=O) groups excluding carboxylic acids is 1. The molecule has 1 aromatic rings. The maximum absolute atomic E-state index is 13.3. The lowest BCUT2D eigenvalue weighted by atomic mass is 9.97. The number of amides is 1. The number of anilines is 1. The minimum atomic E-state index is -3.24. The minimum absolute atomic E-state index is 0.130. The van der Waals surface area contributed by atoms with Crippen LogP contribution in [0.4, 0.5) is 10.1 Å². The second-order valence-electron chi connectivity index (χ2n) is 6.14. The highest BCUT2D eigenvalue weighted by Crippen LogP contribution is 2.23. The fourth-order valence-electron chi connectivity index (χ4n) is 2.79. The number of nitriles is 1. The van der Waals surface area contributed by atoms with Gasteiger partial charge in [0.2, 0.25) is 15.9 Å². The quantitative estimate of drug-likeness (QED) is 0.836. The molecule has 0 aliphatic carbocycles. The highest BCUT2D eigenvalue weighted by molar-refractivity contribution is 7.89. The molecule has 0 saturated carbocycles. The van der Waals surface area contributed by atoms with Crippen LogP contribution in [-0.4, -0.2) is 37.5 Å². The van der Waals surface area contributed by atoms with Gasteiger partial charge in [-0.25, -0.2) is 17.1 Å². The Balaban J connectivity index is 1.92. The van der Waals surface area contributed by atoms with Gasteiger partial charge in [0.15, 0.2) is 0 Å². The van der Waals surface area contributed by atoms with Crippen molar-refractivity contribution >= 4 is 21.6 Å². The van der Waals surface area contributed by atoms with Gasteiger partial charge in [-0.2, -0.15) is 5.26 Å². The monoisotopic (exact) mass is 367 g/mol. The molecule has 1 fully saturated rings. The Labute approximate surface area is 147 Å². The topological polar surface area (TPSA) is 90.3 Å². The molecular weight excluding hydrogens is 345 g/mol. The maximum Gasteiger partial charge on any atom is 0.227 e. The summed E-state index contributed by atoms with van der Waals surface area (Å²) < 4.78 is 39.1. The van der Waals surface area contributed by atoms with E-state index in [2.05, 4.69) is 5.32 Å². The fourth-order valence-corrected chi connectivity index (χ4v) is 4.46. The number of benzene rings is 1. The van der Waals surface area contributed by atoms with Crippen LogP contribution in [0.3, 0.4) is 0 Å². The van der Waals surface area contributed by atoms with E-state index in [1.165, 1.54) is 16.4 Å². The summed E-state index contributed by atoms with van der Waals surface area (Å²) in [5.41, 5.74) is 0.232. The van der Waals surface area contributed by atoms with Crippen molar-refractivity contribution < 1.29 is 17.6 Å². The molecule has 25 heavy (non-hydrogen) atoms. The fraction of sp³-hybridized carbons (Fsp3) is 0.529. The largest absolute Gasteiger partial charge is 0.326 e. The molecule has 1 aromatic carbocycles. The number of halogens is 1. The Bertz CT molecular complexity index is 766. The third kappa shape index (κ3) is 5.00. The first-order valence-corrected chi connectivity index (χ1v) is 9.96. The third-order valence-corrected chi connectivity index (χ3v) is 6.28. The zero-order valence-corrected chi connectivity index (χ0v) is 15.0. The standard InChI is InChI=1S/C17H22FN3O3S/c1-2-3-10-25(23,24)21-8-6-13(7-9-21)17(22)20-15-4-5-16(18)14(11-15)12-19/h4-5,11,13H,2-3,6-10H2,1H3,(H,20,22). The summed E-state index contributed by atoms with van der Waals surface area (Å²) in [6.07, 6.45) is 2.35. The van der Waals surface area contributed by atoms with E-state index in [4.69, 9.17) is 5.26 Å². The number of nitrogens with one attached hydrogen (secondary N) is 1. The predicted octanol–water partition coefficient (Wildman–Crippen LogP) is 2.48. The molecule has 0 unspecified atom stereocenters. The van der Waals surface area contributed by atoms with Gasteiger partial charge in [0, 0.05) is 24.7 Å². The van der Waals surface area contributed by atoms with Crippen molar-refractivity contribution in [2.45, 2.75) is 32.6 Å². The summed E-state index contributed by atoms with van der Waals surface area (Å²) in [5, 5.41) is 11.5. The Hall–Kier alpha value is -1.98. The number of unbranched alkanes of at least 4 members (excludes halogenated alkanes) is 1. The number of hydrogen-bond donors (Lipinski definition) is 1. The van der Waals surface area contributed by atoms with Gasteiger partial charge in [0.1, 0.15) is 11.9 Å². The van der Waals surface area contributed by atoms with Gasteiger partial charge in [-0.15, -0.1) is 0 Å². The third-order valence-electron chi connectivity index (χ3n) is 4.33. The van der Waals surface area contributed by atoms with Crippen molar-refractivity contribution in [2.24, 2.45) is 5.92 Å².